The minimum Gasteiger partial charge on any atom is -0.325 e. The third kappa shape index (κ3) is 0.754. The molecule has 0 fully saturated rings. The van der Waals surface area contributed by atoms with Crippen LogP contribution >= 0.6 is 0 Å². The summed E-state index contributed by atoms with van der Waals surface area (Å²) in [5, 5.41) is 0. The zero-order valence-electron chi connectivity index (χ0n) is 5.28. The molecule has 2 nitrogen and oxygen atoms in total. The van der Waals surface area contributed by atoms with Crippen molar-refractivity contribution in [2.45, 2.75) is 12.8 Å². The lowest BCUT2D eigenvalue weighted by atomic mass is 10.1. The van der Waals surface area contributed by atoms with Gasteiger partial charge in [0, 0.05) is 12.2 Å². The van der Waals surface area contributed by atoms with E-state index in [1.54, 1.807) is 0 Å². The highest BCUT2D eigenvalue weighted by Crippen LogP contribution is 2.17. The Balaban J connectivity index is 2.28. The van der Waals surface area contributed by atoms with E-state index in [1.165, 1.54) is 24.1 Å². The molecule has 0 bridgehead atoms. The monoisotopic (exact) mass is 122 g/mol. The van der Waals surface area contributed by atoms with Crippen molar-refractivity contribution in [1.82, 2.24) is 10.9 Å². The van der Waals surface area contributed by atoms with Gasteiger partial charge in [-0.25, -0.2) is 5.43 Å². The Labute approximate surface area is 54.6 Å². The van der Waals surface area contributed by atoms with Gasteiger partial charge in [-0.3, -0.25) is 0 Å². The number of allylic oxidation sites excluding steroid dienone is 2. The van der Waals surface area contributed by atoms with E-state index in [2.05, 4.69) is 23.0 Å². The maximum atomic E-state index is 3.14. The first-order valence-corrected chi connectivity index (χ1v) is 3.34. The topological polar surface area (TPSA) is 24.1 Å². The minimum atomic E-state index is 0.992. The smallest absolute Gasteiger partial charge is 0.0416 e. The average Bonchev–Trinajstić information content (AvgIpc) is 2.33. The Morgan fingerprint density at radius 3 is 3.33 bits per heavy atom. The lowest BCUT2D eigenvalue weighted by Crippen LogP contribution is -2.23. The zero-order chi connectivity index (χ0) is 6.10. The van der Waals surface area contributed by atoms with E-state index >= 15 is 0 Å². The van der Waals surface area contributed by atoms with Gasteiger partial charge in [0.15, 0.2) is 0 Å². The summed E-state index contributed by atoms with van der Waals surface area (Å²) in [6, 6.07) is 0. The van der Waals surface area contributed by atoms with Crippen LogP contribution in [0, 0.1) is 0 Å². The fourth-order valence-corrected chi connectivity index (χ4v) is 1.27. The number of rotatable bonds is 0. The molecular formula is C7H10N2. The molecule has 1 aliphatic heterocycles. The number of hydrazine groups is 1. The highest BCUT2D eigenvalue weighted by molar-refractivity contribution is 5.32. The number of hydrogen-bond donors (Lipinski definition) is 2. The molecule has 2 heteroatoms. The summed E-state index contributed by atoms with van der Waals surface area (Å²) < 4.78 is 0. The second-order valence-corrected chi connectivity index (χ2v) is 2.42. The lowest BCUT2D eigenvalue weighted by molar-refractivity contribution is 0.676. The molecule has 0 aromatic heterocycles. The molecule has 2 rings (SSSR count). The van der Waals surface area contributed by atoms with Crippen LogP contribution in [0.15, 0.2) is 23.4 Å². The van der Waals surface area contributed by atoms with Gasteiger partial charge >= 0.3 is 0 Å². The van der Waals surface area contributed by atoms with Gasteiger partial charge < -0.3 is 5.43 Å². The fraction of sp³-hybridized carbons (Fsp3) is 0.429. The quantitative estimate of drug-likeness (QED) is 0.494. The molecule has 0 atom stereocenters. The van der Waals surface area contributed by atoms with Crippen molar-refractivity contribution in [2.24, 2.45) is 0 Å². The Kier molecular flexibility index (Phi) is 1.06. The first-order chi connectivity index (χ1) is 4.47. The van der Waals surface area contributed by atoms with Crippen LogP contribution in [0.3, 0.4) is 0 Å². The van der Waals surface area contributed by atoms with Crippen molar-refractivity contribution in [3.63, 3.8) is 0 Å². The van der Waals surface area contributed by atoms with Crippen LogP contribution in [0.2, 0.25) is 0 Å². The van der Waals surface area contributed by atoms with E-state index in [9.17, 15) is 0 Å². The summed E-state index contributed by atoms with van der Waals surface area (Å²) in [6.45, 7) is 0.992. The van der Waals surface area contributed by atoms with Gasteiger partial charge in [-0.2, -0.15) is 0 Å². The second kappa shape index (κ2) is 1.88. The Morgan fingerprint density at radius 1 is 1.44 bits per heavy atom. The molecule has 0 aromatic rings. The van der Waals surface area contributed by atoms with Crippen LogP contribution in [0.1, 0.15) is 12.8 Å². The summed E-state index contributed by atoms with van der Waals surface area (Å²) >= 11 is 0. The highest BCUT2D eigenvalue weighted by atomic mass is 15.4. The Morgan fingerprint density at radius 2 is 2.44 bits per heavy atom. The molecule has 2 N–H and O–H groups in total. The van der Waals surface area contributed by atoms with E-state index in [4.69, 9.17) is 0 Å². The molecule has 0 aromatic carbocycles. The van der Waals surface area contributed by atoms with Crippen molar-refractivity contribution in [2.75, 3.05) is 6.54 Å². The van der Waals surface area contributed by atoms with Gasteiger partial charge in [0.1, 0.15) is 0 Å². The summed E-state index contributed by atoms with van der Waals surface area (Å²) in [5.74, 6) is 0. The van der Waals surface area contributed by atoms with Gasteiger partial charge in [-0.15, -0.1) is 0 Å². The molecule has 0 unspecified atom stereocenters. The summed E-state index contributed by atoms with van der Waals surface area (Å²) in [5.41, 5.74) is 9.04. The molecule has 0 saturated carbocycles. The largest absolute Gasteiger partial charge is 0.325 e. The number of hydrogen-bond acceptors (Lipinski definition) is 2. The van der Waals surface area contributed by atoms with Crippen LogP contribution in [0.4, 0.5) is 0 Å². The average molecular weight is 122 g/mol. The van der Waals surface area contributed by atoms with Crippen LogP contribution in [-0.4, -0.2) is 6.54 Å². The lowest BCUT2D eigenvalue weighted by Gasteiger charge is -2.05. The molecule has 0 saturated heterocycles. The minimum absolute atomic E-state index is 0.992. The van der Waals surface area contributed by atoms with E-state index in [0.29, 0.717) is 0 Å². The van der Waals surface area contributed by atoms with Crippen molar-refractivity contribution in [1.29, 1.82) is 0 Å². The molecule has 2 aliphatic rings. The first kappa shape index (κ1) is 5.06. The molecule has 0 spiro atoms. The molecule has 1 aliphatic carbocycles. The third-order valence-corrected chi connectivity index (χ3v) is 1.79. The standard InChI is InChI=1S/C7H10N2/c1-2-4-7-6(3-1)5-8-9-7/h1,3,8-9H,2,4-5H2. The summed E-state index contributed by atoms with van der Waals surface area (Å²) in [7, 11) is 0. The van der Waals surface area contributed by atoms with Crippen molar-refractivity contribution in [3.05, 3.63) is 23.4 Å². The first-order valence-electron chi connectivity index (χ1n) is 3.34. The van der Waals surface area contributed by atoms with Gasteiger partial charge in [0.25, 0.3) is 0 Å². The third-order valence-electron chi connectivity index (χ3n) is 1.79. The van der Waals surface area contributed by atoms with E-state index < -0.39 is 0 Å². The van der Waals surface area contributed by atoms with E-state index in [1.807, 2.05) is 0 Å². The molecule has 0 amide bonds. The van der Waals surface area contributed by atoms with E-state index in [0.717, 1.165) is 6.54 Å². The van der Waals surface area contributed by atoms with Gasteiger partial charge in [-0.1, -0.05) is 12.2 Å². The van der Waals surface area contributed by atoms with E-state index in [-0.39, 0.29) is 0 Å². The van der Waals surface area contributed by atoms with Crippen LogP contribution in [-0.2, 0) is 0 Å². The molecule has 1 heterocycles. The predicted molar refractivity (Wildman–Crippen MR) is 36.5 cm³/mol. The normalized spacial score (nSPS) is 24.0. The van der Waals surface area contributed by atoms with Gasteiger partial charge in [0.05, 0.1) is 0 Å². The highest BCUT2D eigenvalue weighted by Gasteiger charge is 2.11. The summed E-state index contributed by atoms with van der Waals surface area (Å²) in [6.07, 6.45) is 6.80. The Bertz CT molecular complexity index is 179. The maximum Gasteiger partial charge on any atom is 0.0416 e. The molecule has 48 valence electrons. The zero-order valence-corrected chi connectivity index (χ0v) is 5.28. The van der Waals surface area contributed by atoms with Crippen LogP contribution < -0.4 is 10.9 Å². The maximum absolute atomic E-state index is 3.14. The molecular weight excluding hydrogens is 112 g/mol. The Hall–Kier alpha value is -0.760. The van der Waals surface area contributed by atoms with Gasteiger partial charge in [-0.05, 0) is 18.4 Å². The van der Waals surface area contributed by atoms with Crippen molar-refractivity contribution in [3.8, 4) is 0 Å². The fourth-order valence-electron chi connectivity index (χ4n) is 1.27. The van der Waals surface area contributed by atoms with Crippen molar-refractivity contribution >= 4 is 0 Å². The second-order valence-electron chi connectivity index (χ2n) is 2.42. The van der Waals surface area contributed by atoms with Gasteiger partial charge in [0.2, 0.25) is 0 Å². The predicted octanol–water partition coefficient (Wildman–Crippen LogP) is 0.698. The number of nitrogens with one attached hydrogen (secondary N) is 2. The SMILES string of the molecule is C1=CC2=C(CC1)NNC2. The molecule has 9 heavy (non-hydrogen) atoms. The van der Waals surface area contributed by atoms with Crippen molar-refractivity contribution < 1.29 is 0 Å². The van der Waals surface area contributed by atoms with Crippen LogP contribution in [0.25, 0.3) is 0 Å². The van der Waals surface area contributed by atoms with Crippen LogP contribution in [0.5, 0.6) is 0 Å². The summed E-state index contributed by atoms with van der Waals surface area (Å²) in [4.78, 5) is 0. The molecule has 0 radical (unpaired) electrons.